The molecule has 0 saturated carbocycles. The SMILES string of the molecule is CN1CCN(c2cc(CC(=O)Cc3ncc4ccc(-c5cn(C)nn5)cc4n3)ccn2)CC1. The summed E-state index contributed by atoms with van der Waals surface area (Å²) in [4.78, 5) is 30.9. The van der Waals surface area contributed by atoms with E-state index in [1.807, 2.05) is 43.6 Å². The quantitative estimate of drug-likeness (QED) is 0.447. The van der Waals surface area contributed by atoms with E-state index in [1.165, 1.54) is 0 Å². The minimum absolute atomic E-state index is 0.0787. The van der Waals surface area contributed by atoms with Crippen LogP contribution in [0.25, 0.3) is 22.2 Å². The number of hydrogen-bond donors (Lipinski definition) is 0. The van der Waals surface area contributed by atoms with Crippen LogP contribution in [0, 0.1) is 0 Å². The fraction of sp³-hybridized carbons (Fsp3) is 0.333. The van der Waals surface area contributed by atoms with Crippen molar-refractivity contribution in [3.63, 3.8) is 0 Å². The number of aromatic nitrogens is 6. The number of piperazine rings is 1. The molecule has 9 nitrogen and oxygen atoms in total. The van der Waals surface area contributed by atoms with E-state index in [2.05, 4.69) is 42.1 Å². The minimum atomic E-state index is 0.0787. The zero-order valence-electron chi connectivity index (χ0n) is 18.8. The Morgan fingerprint density at radius 1 is 1.00 bits per heavy atom. The van der Waals surface area contributed by atoms with Gasteiger partial charge >= 0.3 is 0 Å². The molecule has 1 saturated heterocycles. The summed E-state index contributed by atoms with van der Waals surface area (Å²) in [6.07, 6.45) is 5.94. The van der Waals surface area contributed by atoms with E-state index >= 15 is 0 Å². The van der Waals surface area contributed by atoms with Crippen molar-refractivity contribution in [2.45, 2.75) is 12.8 Å². The van der Waals surface area contributed by atoms with Crippen LogP contribution in [0.15, 0.2) is 48.9 Å². The highest BCUT2D eigenvalue weighted by Gasteiger charge is 2.16. The van der Waals surface area contributed by atoms with Gasteiger partial charge in [0, 0.05) is 63.0 Å². The van der Waals surface area contributed by atoms with E-state index in [-0.39, 0.29) is 12.2 Å². The average Bonchev–Trinajstić information content (AvgIpc) is 3.25. The normalized spacial score (nSPS) is 14.7. The van der Waals surface area contributed by atoms with Crippen molar-refractivity contribution in [2.24, 2.45) is 7.05 Å². The van der Waals surface area contributed by atoms with Crippen molar-refractivity contribution in [3.05, 3.63) is 60.3 Å². The number of nitrogens with zero attached hydrogens (tertiary/aromatic N) is 8. The number of hydrogen-bond acceptors (Lipinski definition) is 8. The molecular weight excluding hydrogens is 416 g/mol. The van der Waals surface area contributed by atoms with Crippen LogP contribution < -0.4 is 4.90 Å². The molecule has 0 aliphatic carbocycles. The number of fused-ring (bicyclic) bond motifs is 1. The Kier molecular flexibility index (Phi) is 5.78. The smallest absolute Gasteiger partial charge is 0.144 e. The Morgan fingerprint density at radius 3 is 2.64 bits per heavy atom. The molecule has 4 aromatic rings. The molecule has 0 spiro atoms. The molecule has 0 N–H and O–H groups in total. The van der Waals surface area contributed by atoms with Gasteiger partial charge in [0.15, 0.2) is 0 Å². The number of likely N-dealkylation sites (N-methyl/N-ethyl adjacent to an activating group) is 1. The van der Waals surface area contributed by atoms with Gasteiger partial charge in [-0.25, -0.2) is 15.0 Å². The first-order valence-corrected chi connectivity index (χ1v) is 11.1. The number of carbonyl (C=O) groups is 1. The standard InChI is InChI=1S/C24H26N8O/c1-30-7-9-32(10-8-30)24-12-17(5-6-25-24)11-20(33)14-23-26-15-19-4-3-18(13-21(19)27-23)22-16-31(2)29-28-22/h3-6,12-13,15-16H,7-11,14H2,1-2H3. The topological polar surface area (TPSA) is 92.9 Å². The molecule has 0 amide bonds. The van der Waals surface area contributed by atoms with E-state index in [0.29, 0.717) is 12.2 Å². The third-order valence-electron chi connectivity index (χ3n) is 5.92. The fourth-order valence-corrected chi connectivity index (χ4v) is 4.03. The Hall–Kier alpha value is -3.72. The number of anilines is 1. The molecule has 168 valence electrons. The largest absolute Gasteiger partial charge is 0.354 e. The van der Waals surface area contributed by atoms with E-state index in [4.69, 9.17) is 0 Å². The van der Waals surface area contributed by atoms with Gasteiger partial charge in [-0.05, 0) is 30.8 Å². The molecule has 0 radical (unpaired) electrons. The average molecular weight is 443 g/mol. The zero-order chi connectivity index (χ0) is 22.8. The maximum Gasteiger partial charge on any atom is 0.144 e. The maximum absolute atomic E-state index is 12.8. The van der Waals surface area contributed by atoms with Gasteiger partial charge in [0.2, 0.25) is 0 Å². The zero-order valence-corrected chi connectivity index (χ0v) is 18.8. The Balaban J connectivity index is 1.28. The van der Waals surface area contributed by atoms with Crippen molar-refractivity contribution >= 4 is 22.5 Å². The first-order valence-electron chi connectivity index (χ1n) is 11.1. The van der Waals surface area contributed by atoms with Crippen LogP contribution >= 0.6 is 0 Å². The van der Waals surface area contributed by atoms with E-state index < -0.39 is 0 Å². The third-order valence-corrected chi connectivity index (χ3v) is 5.92. The van der Waals surface area contributed by atoms with Crippen molar-refractivity contribution in [2.75, 3.05) is 38.1 Å². The molecule has 1 aliphatic rings. The predicted molar refractivity (Wildman–Crippen MR) is 126 cm³/mol. The monoisotopic (exact) mass is 442 g/mol. The predicted octanol–water partition coefficient (Wildman–Crippen LogP) is 1.93. The number of pyridine rings is 1. The molecule has 0 unspecified atom stereocenters. The van der Waals surface area contributed by atoms with Gasteiger partial charge in [0.25, 0.3) is 0 Å². The second-order valence-corrected chi connectivity index (χ2v) is 8.54. The van der Waals surface area contributed by atoms with Gasteiger partial charge in [-0.15, -0.1) is 5.10 Å². The Morgan fingerprint density at radius 2 is 1.85 bits per heavy atom. The molecule has 33 heavy (non-hydrogen) atoms. The number of rotatable bonds is 6. The molecule has 1 fully saturated rings. The lowest BCUT2D eigenvalue weighted by Crippen LogP contribution is -2.44. The molecule has 0 atom stereocenters. The first-order chi connectivity index (χ1) is 16.0. The Labute approximate surface area is 192 Å². The molecule has 9 heteroatoms. The Bertz CT molecular complexity index is 1290. The second kappa shape index (κ2) is 9.03. The molecule has 1 aromatic carbocycles. The van der Waals surface area contributed by atoms with Gasteiger partial charge in [-0.2, -0.15) is 0 Å². The summed E-state index contributed by atoms with van der Waals surface area (Å²) in [7, 11) is 3.96. The van der Waals surface area contributed by atoms with Crippen LogP contribution in [-0.4, -0.2) is 73.9 Å². The molecule has 3 aromatic heterocycles. The van der Waals surface area contributed by atoms with Gasteiger partial charge in [0.05, 0.1) is 18.1 Å². The van der Waals surface area contributed by atoms with Gasteiger partial charge in [-0.3, -0.25) is 9.48 Å². The molecule has 5 rings (SSSR count). The van der Waals surface area contributed by atoms with Crippen molar-refractivity contribution in [3.8, 4) is 11.3 Å². The van der Waals surface area contributed by atoms with E-state index in [1.54, 1.807) is 17.1 Å². The van der Waals surface area contributed by atoms with Gasteiger partial charge < -0.3 is 9.80 Å². The van der Waals surface area contributed by atoms with Crippen molar-refractivity contribution in [1.82, 2.24) is 34.8 Å². The van der Waals surface area contributed by atoms with Crippen LogP contribution in [0.5, 0.6) is 0 Å². The first kappa shape index (κ1) is 21.1. The number of Topliss-reactive ketones (excluding diaryl/α,β-unsaturated/α-hetero) is 1. The molecule has 1 aliphatic heterocycles. The fourth-order valence-electron chi connectivity index (χ4n) is 4.03. The van der Waals surface area contributed by atoms with Gasteiger partial charge in [0.1, 0.15) is 23.1 Å². The lowest BCUT2D eigenvalue weighted by Gasteiger charge is -2.33. The van der Waals surface area contributed by atoms with Crippen LogP contribution in [0.3, 0.4) is 0 Å². The van der Waals surface area contributed by atoms with Crippen LogP contribution in [0.4, 0.5) is 5.82 Å². The van der Waals surface area contributed by atoms with Gasteiger partial charge in [-0.1, -0.05) is 17.3 Å². The third kappa shape index (κ3) is 4.88. The summed E-state index contributed by atoms with van der Waals surface area (Å²) in [6.45, 7) is 3.93. The van der Waals surface area contributed by atoms with E-state index in [0.717, 1.165) is 59.7 Å². The lowest BCUT2D eigenvalue weighted by atomic mass is 10.1. The minimum Gasteiger partial charge on any atom is -0.354 e. The summed E-state index contributed by atoms with van der Waals surface area (Å²) in [5.74, 6) is 1.54. The number of aryl methyl sites for hydroxylation is 1. The van der Waals surface area contributed by atoms with Crippen molar-refractivity contribution < 1.29 is 4.79 Å². The second-order valence-electron chi connectivity index (χ2n) is 8.54. The van der Waals surface area contributed by atoms with Crippen LogP contribution in [0.1, 0.15) is 11.4 Å². The summed E-state index contributed by atoms with van der Waals surface area (Å²) < 4.78 is 1.66. The number of carbonyl (C=O) groups excluding carboxylic acids is 1. The number of benzene rings is 1. The number of ketones is 1. The highest BCUT2D eigenvalue weighted by molar-refractivity contribution is 5.85. The van der Waals surface area contributed by atoms with Crippen molar-refractivity contribution in [1.29, 1.82) is 0 Å². The van der Waals surface area contributed by atoms with E-state index in [9.17, 15) is 4.79 Å². The van der Waals surface area contributed by atoms with Crippen LogP contribution in [0.2, 0.25) is 0 Å². The lowest BCUT2D eigenvalue weighted by molar-refractivity contribution is -0.117. The molecule has 0 bridgehead atoms. The highest BCUT2D eigenvalue weighted by Crippen LogP contribution is 2.21. The van der Waals surface area contributed by atoms with Crippen LogP contribution in [-0.2, 0) is 24.7 Å². The summed E-state index contributed by atoms with van der Waals surface area (Å²) in [5.41, 5.74) is 3.47. The molecular formula is C24H26N8O. The highest BCUT2D eigenvalue weighted by atomic mass is 16.1. The summed E-state index contributed by atoms with van der Waals surface area (Å²) in [6, 6.07) is 9.83. The molecule has 4 heterocycles. The summed E-state index contributed by atoms with van der Waals surface area (Å²) in [5, 5.41) is 9.07. The maximum atomic E-state index is 12.8. The summed E-state index contributed by atoms with van der Waals surface area (Å²) >= 11 is 0.